The molecule has 0 aliphatic carbocycles. The first-order chi connectivity index (χ1) is 10.6. The van der Waals surface area contributed by atoms with Crippen LogP contribution in [0.5, 0.6) is 0 Å². The highest BCUT2D eigenvalue weighted by molar-refractivity contribution is 5.80. The van der Waals surface area contributed by atoms with Crippen LogP contribution in [-0.2, 0) is 11.3 Å². The summed E-state index contributed by atoms with van der Waals surface area (Å²) in [5.41, 5.74) is 2.24. The van der Waals surface area contributed by atoms with Crippen molar-refractivity contribution in [2.24, 2.45) is 5.92 Å². The van der Waals surface area contributed by atoms with Crippen molar-refractivity contribution in [3.8, 4) is 0 Å². The van der Waals surface area contributed by atoms with Gasteiger partial charge in [-0.15, -0.1) is 0 Å². The van der Waals surface area contributed by atoms with E-state index in [0.29, 0.717) is 12.3 Å². The number of para-hydroxylation sites is 2. The second kappa shape index (κ2) is 6.11. The van der Waals surface area contributed by atoms with Crippen molar-refractivity contribution in [1.29, 1.82) is 0 Å². The van der Waals surface area contributed by atoms with Gasteiger partial charge in [-0.25, -0.2) is 4.98 Å². The van der Waals surface area contributed by atoms with Crippen molar-refractivity contribution in [2.75, 3.05) is 13.1 Å². The Morgan fingerprint density at radius 3 is 2.77 bits per heavy atom. The number of aromatic nitrogens is 2. The molecule has 0 saturated carbocycles. The van der Waals surface area contributed by atoms with Gasteiger partial charge >= 0.3 is 0 Å². The minimum Gasteiger partial charge on any atom is -0.342 e. The van der Waals surface area contributed by atoms with E-state index in [9.17, 15) is 4.79 Å². The van der Waals surface area contributed by atoms with E-state index < -0.39 is 0 Å². The first-order valence-electron chi connectivity index (χ1n) is 8.36. The van der Waals surface area contributed by atoms with E-state index in [1.807, 2.05) is 17.9 Å². The third kappa shape index (κ3) is 2.62. The van der Waals surface area contributed by atoms with Crippen molar-refractivity contribution in [3.05, 3.63) is 30.1 Å². The van der Waals surface area contributed by atoms with Gasteiger partial charge in [0.05, 0.1) is 11.0 Å². The molecule has 0 radical (unpaired) electrons. The summed E-state index contributed by atoms with van der Waals surface area (Å²) >= 11 is 0. The number of likely N-dealkylation sites (N-methyl/N-ethyl adjacent to an activating group) is 1. The molecule has 2 aromatic rings. The van der Waals surface area contributed by atoms with E-state index in [1.54, 1.807) is 0 Å². The van der Waals surface area contributed by atoms with Crippen molar-refractivity contribution in [3.63, 3.8) is 0 Å². The van der Waals surface area contributed by atoms with Crippen LogP contribution < -0.4 is 0 Å². The molecule has 2 heterocycles. The Kier molecular flexibility index (Phi) is 4.19. The van der Waals surface area contributed by atoms with Gasteiger partial charge in [0.15, 0.2) is 0 Å². The van der Waals surface area contributed by atoms with Crippen LogP contribution in [0.1, 0.15) is 45.4 Å². The standard InChI is InChI=1S/C18H25N3O/c1-4-13(3)11-21-16-9-7-6-8-15(16)19-18(21)14-10-17(22)20(5-2)12-14/h6-9,13-14H,4-5,10-12H2,1-3H3. The second-order valence-electron chi connectivity index (χ2n) is 6.42. The smallest absolute Gasteiger partial charge is 0.223 e. The zero-order valence-electron chi connectivity index (χ0n) is 13.7. The highest BCUT2D eigenvalue weighted by Gasteiger charge is 2.33. The van der Waals surface area contributed by atoms with Crippen LogP contribution in [0.15, 0.2) is 24.3 Å². The number of likely N-dealkylation sites (tertiary alicyclic amines) is 1. The summed E-state index contributed by atoms with van der Waals surface area (Å²) in [4.78, 5) is 18.9. The molecule has 1 amide bonds. The van der Waals surface area contributed by atoms with E-state index in [1.165, 1.54) is 5.52 Å². The Balaban J connectivity index is 2.01. The van der Waals surface area contributed by atoms with Crippen molar-refractivity contribution < 1.29 is 4.79 Å². The third-order valence-corrected chi connectivity index (χ3v) is 4.84. The molecule has 0 N–H and O–H groups in total. The zero-order valence-corrected chi connectivity index (χ0v) is 13.7. The summed E-state index contributed by atoms with van der Waals surface area (Å²) < 4.78 is 2.35. The van der Waals surface area contributed by atoms with E-state index in [4.69, 9.17) is 4.98 Å². The van der Waals surface area contributed by atoms with Gasteiger partial charge in [0.1, 0.15) is 5.82 Å². The van der Waals surface area contributed by atoms with Crippen LogP contribution in [0.25, 0.3) is 11.0 Å². The summed E-state index contributed by atoms with van der Waals surface area (Å²) in [6.45, 7) is 9.11. The maximum absolute atomic E-state index is 12.1. The maximum atomic E-state index is 12.1. The van der Waals surface area contributed by atoms with Crippen LogP contribution >= 0.6 is 0 Å². The molecule has 4 heteroatoms. The third-order valence-electron chi connectivity index (χ3n) is 4.84. The maximum Gasteiger partial charge on any atom is 0.223 e. The van der Waals surface area contributed by atoms with Crippen molar-refractivity contribution in [1.82, 2.24) is 14.5 Å². The van der Waals surface area contributed by atoms with Gasteiger partial charge in [0, 0.05) is 32.0 Å². The van der Waals surface area contributed by atoms with Gasteiger partial charge < -0.3 is 9.47 Å². The number of rotatable bonds is 5. The van der Waals surface area contributed by atoms with E-state index in [2.05, 4.69) is 36.6 Å². The molecule has 118 valence electrons. The van der Waals surface area contributed by atoms with Gasteiger partial charge in [-0.2, -0.15) is 0 Å². The number of carbonyl (C=O) groups excluding carboxylic acids is 1. The summed E-state index contributed by atoms with van der Waals surface area (Å²) in [6, 6.07) is 8.31. The van der Waals surface area contributed by atoms with E-state index >= 15 is 0 Å². The van der Waals surface area contributed by atoms with Crippen LogP contribution in [0, 0.1) is 5.92 Å². The largest absolute Gasteiger partial charge is 0.342 e. The molecule has 1 fully saturated rings. The molecule has 0 spiro atoms. The lowest BCUT2D eigenvalue weighted by atomic mass is 10.1. The molecule has 1 saturated heterocycles. The lowest BCUT2D eigenvalue weighted by Gasteiger charge is -2.17. The normalized spacial score (nSPS) is 20.0. The molecule has 2 atom stereocenters. The second-order valence-corrected chi connectivity index (χ2v) is 6.42. The predicted molar refractivity (Wildman–Crippen MR) is 88.8 cm³/mol. The first kappa shape index (κ1) is 15.1. The minimum absolute atomic E-state index is 0.226. The monoisotopic (exact) mass is 299 g/mol. The number of imidazole rings is 1. The molecule has 1 aromatic heterocycles. The summed E-state index contributed by atoms with van der Waals surface area (Å²) in [7, 11) is 0. The summed E-state index contributed by atoms with van der Waals surface area (Å²) in [5, 5.41) is 0. The lowest BCUT2D eigenvalue weighted by Crippen LogP contribution is -2.24. The first-order valence-corrected chi connectivity index (χ1v) is 8.36. The number of nitrogens with zero attached hydrogens (tertiary/aromatic N) is 3. The number of carbonyl (C=O) groups is 1. The van der Waals surface area contributed by atoms with Crippen LogP contribution in [0.3, 0.4) is 0 Å². The zero-order chi connectivity index (χ0) is 15.7. The predicted octanol–water partition coefficient (Wildman–Crippen LogP) is 3.42. The number of benzene rings is 1. The Labute approximate surface area is 132 Å². The van der Waals surface area contributed by atoms with Crippen LogP contribution in [0.2, 0.25) is 0 Å². The van der Waals surface area contributed by atoms with Gasteiger partial charge in [-0.05, 0) is 25.0 Å². The average molecular weight is 299 g/mol. The van der Waals surface area contributed by atoms with Gasteiger partial charge in [-0.3, -0.25) is 4.79 Å². The highest BCUT2D eigenvalue weighted by atomic mass is 16.2. The minimum atomic E-state index is 0.226. The molecule has 1 aliphatic rings. The molecular weight excluding hydrogens is 274 g/mol. The average Bonchev–Trinajstić information content (AvgIpc) is 3.08. The Morgan fingerprint density at radius 1 is 1.32 bits per heavy atom. The molecule has 0 bridgehead atoms. The van der Waals surface area contributed by atoms with Crippen molar-refractivity contribution >= 4 is 16.9 Å². The van der Waals surface area contributed by atoms with E-state index in [-0.39, 0.29) is 11.8 Å². The van der Waals surface area contributed by atoms with Crippen LogP contribution in [-0.4, -0.2) is 33.4 Å². The fraction of sp³-hybridized carbons (Fsp3) is 0.556. The molecule has 1 aliphatic heterocycles. The molecular formula is C18H25N3O. The molecule has 22 heavy (non-hydrogen) atoms. The summed E-state index contributed by atoms with van der Waals surface area (Å²) in [5.74, 6) is 2.18. The topological polar surface area (TPSA) is 38.1 Å². The SMILES string of the molecule is CCC(C)Cn1c(C2CC(=O)N(CC)C2)nc2ccccc21. The number of fused-ring (bicyclic) bond motifs is 1. The van der Waals surface area contributed by atoms with Crippen LogP contribution in [0.4, 0.5) is 0 Å². The lowest BCUT2D eigenvalue weighted by molar-refractivity contribution is -0.127. The highest BCUT2D eigenvalue weighted by Crippen LogP contribution is 2.31. The number of hydrogen-bond donors (Lipinski definition) is 0. The van der Waals surface area contributed by atoms with Gasteiger partial charge in [0.2, 0.25) is 5.91 Å². The molecule has 2 unspecified atom stereocenters. The molecule has 4 nitrogen and oxygen atoms in total. The van der Waals surface area contributed by atoms with E-state index in [0.717, 1.165) is 37.4 Å². The van der Waals surface area contributed by atoms with Gasteiger partial charge in [-0.1, -0.05) is 32.4 Å². The number of amides is 1. The molecule has 1 aromatic carbocycles. The number of hydrogen-bond acceptors (Lipinski definition) is 2. The Bertz CT molecular complexity index is 676. The van der Waals surface area contributed by atoms with Crippen molar-refractivity contribution in [2.45, 2.75) is 46.1 Å². The Morgan fingerprint density at radius 2 is 2.09 bits per heavy atom. The summed E-state index contributed by atoms with van der Waals surface area (Å²) in [6.07, 6.45) is 1.74. The quantitative estimate of drug-likeness (QED) is 0.848. The Hall–Kier alpha value is -1.84. The fourth-order valence-electron chi connectivity index (χ4n) is 3.29. The fourth-order valence-corrected chi connectivity index (χ4v) is 3.29. The molecule has 3 rings (SSSR count). The van der Waals surface area contributed by atoms with Gasteiger partial charge in [0.25, 0.3) is 0 Å².